The van der Waals surface area contributed by atoms with Crippen LogP contribution in [0.3, 0.4) is 0 Å². The van der Waals surface area contributed by atoms with Gasteiger partial charge in [0.05, 0.1) is 6.04 Å². The standard InChI is InChI=1S/C17H28N2OS/c1-13(2)16(14-7-6-10-21-14)19-15(20)11-17(12-18)8-4-3-5-9-17/h6-7,10,13,16H,3-5,8-9,11-12,18H2,1-2H3,(H,19,20). The van der Waals surface area contributed by atoms with Crippen molar-refractivity contribution in [3.8, 4) is 0 Å². The number of thiophene rings is 1. The number of hydrogen-bond acceptors (Lipinski definition) is 3. The smallest absolute Gasteiger partial charge is 0.221 e. The van der Waals surface area contributed by atoms with Crippen LogP contribution in [0.2, 0.25) is 0 Å². The Hall–Kier alpha value is -0.870. The number of nitrogens with one attached hydrogen (secondary N) is 1. The zero-order chi connectivity index (χ0) is 15.3. The molecule has 118 valence electrons. The number of nitrogens with two attached hydrogens (primary N) is 1. The summed E-state index contributed by atoms with van der Waals surface area (Å²) in [6.45, 7) is 4.94. The van der Waals surface area contributed by atoms with E-state index in [0.29, 0.717) is 18.9 Å². The lowest BCUT2D eigenvalue weighted by atomic mass is 9.71. The molecule has 1 aliphatic carbocycles. The molecule has 0 aliphatic heterocycles. The summed E-state index contributed by atoms with van der Waals surface area (Å²) in [5.74, 6) is 0.558. The summed E-state index contributed by atoms with van der Waals surface area (Å²) < 4.78 is 0. The van der Waals surface area contributed by atoms with E-state index in [1.54, 1.807) is 11.3 Å². The molecule has 1 atom stereocenters. The minimum absolute atomic E-state index is 0.0410. The van der Waals surface area contributed by atoms with E-state index >= 15 is 0 Å². The molecular weight excluding hydrogens is 280 g/mol. The van der Waals surface area contributed by atoms with Crippen LogP contribution in [0.1, 0.15) is 63.3 Å². The first-order valence-electron chi connectivity index (χ1n) is 8.09. The van der Waals surface area contributed by atoms with Crippen LogP contribution in [0.25, 0.3) is 0 Å². The van der Waals surface area contributed by atoms with Crippen LogP contribution >= 0.6 is 11.3 Å². The predicted octanol–water partition coefficient (Wildman–Crippen LogP) is 3.86. The van der Waals surface area contributed by atoms with Crippen LogP contribution < -0.4 is 11.1 Å². The van der Waals surface area contributed by atoms with E-state index in [1.807, 2.05) is 6.07 Å². The normalized spacial score (nSPS) is 19.4. The summed E-state index contributed by atoms with van der Waals surface area (Å²) in [5.41, 5.74) is 6.03. The van der Waals surface area contributed by atoms with Crippen molar-refractivity contribution in [2.75, 3.05) is 6.54 Å². The topological polar surface area (TPSA) is 55.1 Å². The van der Waals surface area contributed by atoms with Crippen LogP contribution in [0, 0.1) is 11.3 Å². The first-order valence-corrected chi connectivity index (χ1v) is 8.97. The Morgan fingerprint density at radius 1 is 1.38 bits per heavy atom. The van der Waals surface area contributed by atoms with Crippen molar-refractivity contribution < 1.29 is 4.79 Å². The minimum Gasteiger partial charge on any atom is -0.348 e. The van der Waals surface area contributed by atoms with Crippen LogP contribution in [0.4, 0.5) is 0 Å². The van der Waals surface area contributed by atoms with Crippen LogP contribution in [0.5, 0.6) is 0 Å². The van der Waals surface area contributed by atoms with E-state index in [4.69, 9.17) is 5.73 Å². The molecule has 1 amide bonds. The number of amides is 1. The molecule has 1 saturated carbocycles. The largest absolute Gasteiger partial charge is 0.348 e. The molecule has 1 heterocycles. The molecule has 0 radical (unpaired) electrons. The second kappa shape index (κ2) is 7.41. The molecular formula is C17H28N2OS. The van der Waals surface area contributed by atoms with Crippen molar-refractivity contribution in [3.63, 3.8) is 0 Å². The Kier molecular flexibility index (Phi) is 5.82. The number of carbonyl (C=O) groups is 1. The van der Waals surface area contributed by atoms with Gasteiger partial charge in [-0.15, -0.1) is 11.3 Å². The Morgan fingerprint density at radius 2 is 2.10 bits per heavy atom. The van der Waals surface area contributed by atoms with Crippen molar-refractivity contribution in [1.29, 1.82) is 0 Å². The summed E-state index contributed by atoms with van der Waals surface area (Å²) >= 11 is 1.71. The quantitative estimate of drug-likeness (QED) is 0.838. The monoisotopic (exact) mass is 308 g/mol. The fourth-order valence-electron chi connectivity index (χ4n) is 3.35. The fourth-order valence-corrected chi connectivity index (χ4v) is 4.30. The maximum Gasteiger partial charge on any atom is 0.221 e. The molecule has 4 heteroatoms. The number of rotatable bonds is 6. The van der Waals surface area contributed by atoms with Crippen LogP contribution in [0.15, 0.2) is 17.5 Å². The predicted molar refractivity (Wildman–Crippen MR) is 89.2 cm³/mol. The van der Waals surface area contributed by atoms with E-state index < -0.39 is 0 Å². The molecule has 1 aliphatic rings. The Bertz CT molecular complexity index is 436. The van der Waals surface area contributed by atoms with Gasteiger partial charge in [-0.2, -0.15) is 0 Å². The molecule has 0 spiro atoms. The third kappa shape index (κ3) is 4.30. The number of hydrogen-bond donors (Lipinski definition) is 2. The molecule has 1 aromatic heterocycles. The molecule has 21 heavy (non-hydrogen) atoms. The lowest BCUT2D eigenvalue weighted by Crippen LogP contribution is -2.40. The Labute approximate surface area is 132 Å². The van der Waals surface area contributed by atoms with Gasteiger partial charge in [0.1, 0.15) is 0 Å². The van der Waals surface area contributed by atoms with Gasteiger partial charge in [0.25, 0.3) is 0 Å². The van der Waals surface area contributed by atoms with E-state index in [0.717, 1.165) is 12.8 Å². The molecule has 3 nitrogen and oxygen atoms in total. The first-order chi connectivity index (χ1) is 10.1. The van der Waals surface area contributed by atoms with Crippen molar-refractivity contribution in [2.45, 2.75) is 58.4 Å². The zero-order valence-corrected chi connectivity index (χ0v) is 14.0. The van der Waals surface area contributed by atoms with Gasteiger partial charge in [-0.3, -0.25) is 4.79 Å². The van der Waals surface area contributed by atoms with Gasteiger partial charge in [0.15, 0.2) is 0 Å². The van der Waals surface area contributed by atoms with Crippen molar-refractivity contribution in [2.24, 2.45) is 17.1 Å². The van der Waals surface area contributed by atoms with Crippen LogP contribution in [-0.4, -0.2) is 12.5 Å². The van der Waals surface area contributed by atoms with Gasteiger partial charge in [-0.25, -0.2) is 0 Å². The maximum absolute atomic E-state index is 12.5. The summed E-state index contributed by atoms with van der Waals surface area (Å²) in [6, 6.07) is 4.27. The third-order valence-electron chi connectivity index (χ3n) is 4.72. The summed E-state index contributed by atoms with van der Waals surface area (Å²) in [5, 5.41) is 5.31. The minimum atomic E-state index is 0.0410. The summed E-state index contributed by atoms with van der Waals surface area (Å²) in [7, 11) is 0. The molecule has 1 aromatic rings. The fraction of sp³-hybridized carbons (Fsp3) is 0.706. The molecule has 1 unspecified atom stereocenters. The zero-order valence-electron chi connectivity index (χ0n) is 13.2. The van der Waals surface area contributed by atoms with Gasteiger partial charge >= 0.3 is 0 Å². The van der Waals surface area contributed by atoms with Gasteiger partial charge in [0, 0.05) is 11.3 Å². The highest BCUT2D eigenvalue weighted by Crippen LogP contribution is 2.38. The van der Waals surface area contributed by atoms with Crippen molar-refractivity contribution in [3.05, 3.63) is 22.4 Å². The number of carbonyl (C=O) groups excluding carboxylic acids is 1. The molecule has 2 rings (SSSR count). The van der Waals surface area contributed by atoms with Crippen molar-refractivity contribution >= 4 is 17.2 Å². The third-order valence-corrected chi connectivity index (χ3v) is 5.67. The average molecular weight is 308 g/mol. The summed E-state index contributed by atoms with van der Waals surface area (Å²) in [4.78, 5) is 13.8. The second-order valence-corrected chi connectivity index (χ2v) is 7.73. The average Bonchev–Trinajstić information content (AvgIpc) is 2.99. The van der Waals surface area contributed by atoms with Gasteiger partial charge < -0.3 is 11.1 Å². The Balaban J connectivity index is 1.99. The lowest BCUT2D eigenvalue weighted by Gasteiger charge is -2.36. The maximum atomic E-state index is 12.5. The lowest BCUT2D eigenvalue weighted by molar-refractivity contribution is -0.125. The Morgan fingerprint density at radius 3 is 2.62 bits per heavy atom. The molecule has 0 saturated heterocycles. The van der Waals surface area contributed by atoms with Gasteiger partial charge in [-0.05, 0) is 42.2 Å². The molecule has 0 aromatic carbocycles. The SMILES string of the molecule is CC(C)C(NC(=O)CC1(CN)CCCCC1)c1cccs1. The molecule has 3 N–H and O–H groups in total. The highest BCUT2D eigenvalue weighted by molar-refractivity contribution is 7.10. The van der Waals surface area contributed by atoms with Gasteiger partial charge in [0.2, 0.25) is 5.91 Å². The molecule has 1 fully saturated rings. The molecule has 0 bridgehead atoms. The van der Waals surface area contributed by atoms with E-state index in [2.05, 4.69) is 30.6 Å². The first kappa shape index (κ1) is 16.5. The highest BCUT2D eigenvalue weighted by atomic mass is 32.1. The summed E-state index contributed by atoms with van der Waals surface area (Å²) in [6.07, 6.45) is 6.49. The van der Waals surface area contributed by atoms with E-state index in [-0.39, 0.29) is 17.4 Å². The second-order valence-electron chi connectivity index (χ2n) is 6.75. The van der Waals surface area contributed by atoms with E-state index in [9.17, 15) is 4.79 Å². The highest BCUT2D eigenvalue weighted by Gasteiger charge is 2.33. The van der Waals surface area contributed by atoms with Gasteiger partial charge in [-0.1, -0.05) is 39.2 Å². The van der Waals surface area contributed by atoms with Crippen molar-refractivity contribution in [1.82, 2.24) is 5.32 Å². The van der Waals surface area contributed by atoms with Crippen LogP contribution in [-0.2, 0) is 4.79 Å². The van der Waals surface area contributed by atoms with E-state index in [1.165, 1.54) is 24.1 Å².